The van der Waals surface area contributed by atoms with E-state index in [-0.39, 0.29) is 5.56 Å². The van der Waals surface area contributed by atoms with Gasteiger partial charge in [0.15, 0.2) is 6.23 Å². The quantitative estimate of drug-likeness (QED) is 0.593. The van der Waals surface area contributed by atoms with E-state index in [0.29, 0.717) is 11.2 Å². The molecule has 1 aromatic heterocycles. The van der Waals surface area contributed by atoms with Gasteiger partial charge in [0.25, 0.3) is 5.56 Å². The van der Waals surface area contributed by atoms with E-state index in [2.05, 4.69) is 20.3 Å². The fourth-order valence-corrected chi connectivity index (χ4v) is 2.52. The first-order chi connectivity index (χ1) is 11.5. The predicted octanol–water partition coefficient (Wildman–Crippen LogP) is 2.75. The number of hydrogen-bond acceptors (Lipinski definition) is 5. The minimum atomic E-state index is -0.706. The lowest BCUT2D eigenvalue weighted by atomic mass is 10.1. The Morgan fingerprint density at radius 3 is 2.58 bits per heavy atom. The van der Waals surface area contributed by atoms with Crippen molar-refractivity contribution in [2.45, 2.75) is 20.1 Å². The molecule has 1 aliphatic rings. The predicted molar refractivity (Wildman–Crippen MR) is 95.2 cm³/mol. The van der Waals surface area contributed by atoms with Crippen LogP contribution >= 0.6 is 0 Å². The van der Waals surface area contributed by atoms with Crippen molar-refractivity contribution in [3.8, 4) is 0 Å². The summed E-state index contributed by atoms with van der Waals surface area (Å²) in [6, 6.07) is 14.9. The maximum Gasteiger partial charge on any atom is 0.258 e. The van der Waals surface area contributed by atoms with Gasteiger partial charge in [-0.3, -0.25) is 4.79 Å². The Labute approximate surface area is 138 Å². The molecular weight excluding hydrogens is 304 g/mol. The van der Waals surface area contributed by atoms with Crippen molar-refractivity contribution in [1.82, 2.24) is 9.97 Å². The summed E-state index contributed by atoms with van der Waals surface area (Å²) in [5.74, 6) is 1.40. The number of nitrogens with one attached hydrogen (secondary N) is 2. The highest BCUT2D eigenvalue weighted by Gasteiger charge is 2.15. The lowest BCUT2D eigenvalue weighted by Gasteiger charge is -2.19. The number of aliphatic imine (C=N–C) groups is 1. The molecule has 6 nitrogen and oxygen atoms in total. The molecule has 0 fully saturated rings. The average molecular weight is 322 g/mol. The Hall–Kier alpha value is -2.99. The largest absolute Gasteiger partial charge is 0.368 e. The van der Waals surface area contributed by atoms with Gasteiger partial charge in [-0.05, 0) is 32.0 Å². The molecule has 0 aliphatic carbocycles. The zero-order valence-corrected chi connectivity index (χ0v) is 13.4. The summed E-state index contributed by atoms with van der Waals surface area (Å²) in [7, 11) is 0. The molecule has 3 N–H and O–H groups in total. The van der Waals surface area contributed by atoms with Crippen LogP contribution in [0, 0.1) is 6.92 Å². The number of aryl methyl sites for hydroxylation is 1. The molecule has 0 bridgehead atoms. The van der Waals surface area contributed by atoms with Crippen LogP contribution in [-0.2, 0) is 0 Å². The van der Waals surface area contributed by atoms with Gasteiger partial charge >= 0.3 is 0 Å². The highest BCUT2D eigenvalue weighted by molar-refractivity contribution is 5.95. The van der Waals surface area contributed by atoms with Gasteiger partial charge < -0.3 is 15.4 Å². The Kier molecular flexibility index (Phi) is 4.39. The van der Waals surface area contributed by atoms with Crippen LogP contribution in [0.3, 0.4) is 0 Å². The lowest BCUT2D eigenvalue weighted by molar-refractivity contribution is 0.188. The number of benzene rings is 2. The van der Waals surface area contributed by atoms with Crippen LogP contribution in [0.5, 0.6) is 0 Å². The number of nitrogens with zero attached hydrogens (tertiary/aromatic N) is 2. The standard InChI is InChI=1S/C9H10N2O.C9H8N2O/c2*1-6-10-8-5-3-2-4-7(8)9(12)11-6/h2-5,9,12H,1H3,(H,10,11);2-5H,1H3,(H,10,11,12). The SMILES string of the molecule is CC1=NC(O)c2ccccc2N1.Cc1nc2ccccc2c(=O)[nH]1. The van der Waals surface area contributed by atoms with E-state index in [0.717, 1.165) is 22.6 Å². The molecule has 0 spiro atoms. The van der Waals surface area contributed by atoms with E-state index in [1.54, 1.807) is 13.0 Å². The molecule has 4 rings (SSSR count). The van der Waals surface area contributed by atoms with Gasteiger partial charge in [-0.25, -0.2) is 9.98 Å². The normalized spacial score (nSPS) is 15.6. The number of rotatable bonds is 0. The van der Waals surface area contributed by atoms with Crippen molar-refractivity contribution in [1.29, 1.82) is 0 Å². The summed E-state index contributed by atoms with van der Waals surface area (Å²) in [6.07, 6.45) is -0.706. The van der Waals surface area contributed by atoms with Crippen LogP contribution in [0.4, 0.5) is 5.69 Å². The first kappa shape index (κ1) is 15.9. The van der Waals surface area contributed by atoms with E-state index < -0.39 is 6.23 Å². The number of aliphatic hydroxyl groups is 1. The third kappa shape index (κ3) is 3.33. The van der Waals surface area contributed by atoms with Gasteiger partial charge in [0.1, 0.15) is 11.7 Å². The molecule has 0 saturated carbocycles. The van der Waals surface area contributed by atoms with Gasteiger partial charge in [-0.15, -0.1) is 0 Å². The van der Waals surface area contributed by atoms with Crippen molar-refractivity contribution in [3.63, 3.8) is 0 Å². The highest BCUT2D eigenvalue weighted by atomic mass is 16.3. The highest BCUT2D eigenvalue weighted by Crippen LogP contribution is 2.27. The Balaban J connectivity index is 0.000000141. The first-order valence-electron chi connectivity index (χ1n) is 7.58. The van der Waals surface area contributed by atoms with Gasteiger partial charge in [0.2, 0.25) is 0 Å². The topological polar surface area (TPSA) is 90.4 Å². The molecule has 0 saturated heterocycles. The Morgan fingerprint density at radius 2 is 1.75 bits per heavy atom. The number of fused-ring (bicyclic) bond motifs is 2. The van der Waals surface area contributed by atoms with Gasteiger partial charge in [0, 0.05) is 11.3 Å². The number of anilines is 1. The van der Waals surface area contributed by atoms with Gasteiger partial charge in [0.05, 0.1) is 10.9 Å². The number of hydrogen-bond donors (Lipinski definition) is 3. The average Bonchev–Trinajstić information content (AvgIpc) is 2.55. The number of amidine groups is 1. The van der Waals surface area contributed by atoms with Crippen molar-refractivity contribution in [3.05, 3.63) is 70.3 Å². The van der Waals surface area contributed by atoms with Crippen LogP contribution < -0.4 is 10.9 Å². The minimum Gasteiger partial charge on any atom is -0.368 e. The zero-order chi connectivity index (χ0) is 17.1. The van der Waals surface area contributed by atoms with E-state index >= 15 is 0 Å². The molecule has 2 aromatic carbocycles. The maximum absolute atomic E-state index is 11.3. The number of aliphatic hydroxyl groups excluding tert-OH is 1. The second-order valence-corrected chi connectivity index (χ2v) is 5.47. The van der Waals surface area contributed by atoms with Crippen LogP contribution in [0.25, 0.3) is 10.9 Å². The first-order valence-corrected chi connectivity index (χ1v) is 7.58. The van der Waals surface area contributed by atoms with E-state index in [1.165, 1.54) is 0 Å². The number of H-pyrrole nitrogens is 1. The molecule has 1 atom stereocenters. The number of aromatic nitrogens is 2. The van der Waals surface area contributed by atoms with E-state index in [4.69, 9.17) is 0 Å². The lowest BCUT2D eigenvalue weighted by Crippen LogP contribution is -2.16. The second-order valence-electron chi connectivity index (χ2n) is 5.47. The van der Waals surface area contributed by atoms with Crippen LogP contribution in [-0.4, -0.2) is 20.9 Å². The Morgan fingerprint density at radius 1 is 1.04 bits per heavy atom. The Bertz CT molecular complexity index is 962. The van der Waals surface area contributed by atoms with Crippen molar-refractivity contribution >= 4 is 22.4 Å². The van der Waals surface area contributed by atoms with Crippen molar-refractivity contribution in [2.24, 2.45) is 4.99 Å². The summed E-state index contributed by atoms with van der Waals surface area (Å²) in [4.78, 5) is 22.1. The summed E-state index contributed by atoms with van der Waals surface area (Å²) in [6.45, 7) is 3.60. The van der Waals surface area contributed by atoms with Crippen molar-refractivity contribution < 1.29 is 5.11 Å². The molecule has 24 heavy (non-hydrogen) atoms. The molecule has 1 unspecified atom stereocenters. The minimum absolute atomic E-state index is 0.0712. The zero-order valence-electron chi connectivity index (χ0n) is 13.4. The molecular formula is C18H18N4O2. The van der Waals surface area contributed by atoms with Crippen LogP contribution in [0.1, 0.15) is 24.5 Å². The van der Waals surface area contributed by atoms with Gasteiger partial charge in [-0.2, -0.15) is 0 Å². The van der Waals surface area contributed by atoms with E-state index in [9.17, 15) is 9.90 Å². The fraction of sp³-hybridized carbons (Fsp3) is 0.167. The van der Waals surface area contributed by atoms with Crippen LogP contribution in [0.2, 0.25) is 0 Å². The second kappa shape index (κ2) is 6.64. The number of aromatic amines is 1. The summed E-state index contributed by atoms with van der Waals surface area (Å²) >= 11 is 0. The number of para-hydroxylation sites is 2. The molecule has 0 amide bonds. The molecule has 3 aromatic rings. The molecule has 1 aliphatic heterocycles. The summed E-state index contributed by atoms with van der Waals surface area (Å²) in [5.41, 5.74) is 2.46. The maximum atomic E-state index is 11.3. The third-order valence-corrected chi connectivity index (χ3v) is 3.60. The molecule has 0 radical (unpaired) electrons. The fourth-order valence-electron chi connectivity index (χ4n) is 2.52. The summed E-state index contributed by atoms with van der Waals surface area (Å²) < 4.78 is 0. The molecule has 2 heterocycles. The van der Waals surface area contributed by atoms with Gasteiger partial charge in [-0.1, -0.05) is 30.3 Å². The third-order valence-electron chi connectivity index (χ3n) is 3.60. The molecule has 122 valence electrons. The molecule has 6 heteroatoms. The van der Waals surface area contributed by atoms with Crippen LogP contribution in [0.15, 0.2) is 58.3 Å². The van der Waals surface area contributed by atoms with E-state index in [1.807, 2.05) is 49.4 Å². The van der Waals surface area contributed by atoms with Crippen molar-refractivity contribution in [2.75, 3.05) is 5.32 Å². The monoisotopic (exact) mass is 322 g/mol. The summed E-state index contributed by atoms with van der Waals surface area (Å²) in [5, 5.41) is 13.2. The smallest absolute Gasteiger partial charge is 0.258 e.